The molecule has 1 aliphatic heterocycles. The minimum Gasteiger partial charge on any atom is -0.449 e. The monoisotopic (exact) mass is 350 g/mol. The van der Waals surface area contributed by atoms with Gasteiger partial charge in [-0.1, -0.05) is 27.7 Å². The lowest BCUT2D eigenvalue weighted by Gasteiger charge is -2.21. The van der Waals surface area contributed by atoms with E-state index in [9.17, 15) is 9.59 Å². The van der Waals surface area contributed by atoms with Crippen molar-refractivity contribution in [1.82, 2.24) is 20.0 Å². The Morgan fingerprint density at radius 3 is 2.48 bits per heavy atom. The minimum absolute atomic E-state index is 0.0800. The van der Waals surface area contributed by atoms with E-state index in [1.165, 1.54) is 0 Å². The van der Waals surface area contributed by atoms with E-state index in [2.05, 4.69) is 24.0 Å². The Labute approximate surface area is 149 Å². The van der Waals surface area contributed by atoms with E-state index in [-0.39, 0.29) is 12.0 Å². The SMILES string of the molecule is CC(C)COC(=O)N1CCCN(C(=O)c2cc(CC(C)C)[nH]n2)CC1. The first-order valence-electron chi connectivity index (χ1n) is 9.12. The quantitative estimate of drug-likeness (QED) is 0.885. The van der Waals surface area contributed by atoms with Gasteiger partial charge in [-0.05, 0) is 30.7 Å². The van der Waals surface area contributed by atoms with Crippen molar-refractivity contribution in [3.8, 4) is 0 Å². The predicted molar refractivity (Wildman–Crippen MR) is 95.4 cm³/mol. The van der Waals surface area contributed by atoms with Gasteiger partial charge in [-0.3, -0.25) is 9.89 Å². The number of carbonyl (C=O) groups is 2. The zero-order chi connectivity index (χ0) is 18.4. The zero-order valence-electron chi connectivity index (χ0n) is 15.7. The lowest BCUT2D eigenvalue weighted by Crippen LogP contribution is -2.38. The number of rotatable bonds is 5. The zero-order valence-corrected chi connectivity index (χ0v) is 15.7. The fraction of sp³-hybridized carbons (Fsp3) is 0.722. The number of carbonyl (C=O) groups excluding carboxylic acids is 2. The van der Waals surface area contributed by atoms with E-state index in [0.717, 1.165) is 18.5 Å². The lowest BCUT2D eigenvalue weighted by molar-refractivity contribution is 0.0741. The maximum absolute atomic E-state index is 12.7. The molecule has 1 fully saturated rings. The lowest BCUT2D eigenvalue weighted by atomic mass is 10.1. The number of hydrogen-bond acceptors (Lipinski definition) is 4. The van der Waals surface area contributed by atoms with Gasteiger partial charge in [-0.25, -0.2) is 4.79 Å². The van der Waals surface area contributed by atoms with Crippen LogP contribution in [0.5, 0.6) is 0 Å². The second-order valence-electron chi connectivity index (χ2n) is 7.48. The molecule has 0 spiro atoms. The summed E-state index contributed by atoms with van der Waals surface area (Å²) in [7, 11) is 0. The minimum atomic E-state index is -0.290. The highest BCUT2D eigenvalue weighted by Gasteiger charge is 2.25. The molecule has 1 aromatic rings. The second kappa shape index (κ2) is 8.87. The van der Waals surface area contributed by atoms with Crippen molar-refractivity contribution in [1.29, 1.82) is 0 Å². The number of amides is 2. The molecule has 0 unspecified atom stereocenters. The van der Waals surface area contributed by atoms with Gasteiger partial charge in [0.2, 0.25) is 0 Å². The average molecular weight is 350 g/mol. The number of aromatic nitrogens is 2. The summed E-state index contributed by atoms with van der Waals surface area (Å²) in [6, 6.07) is 1.84. The van der Waals surface area contributed by atoms with Crippen molar-refractivity contribution in [3.63, 3.8) is 0 Å². The van der Waals surface area contributed by atoms with Crippen molar-refractivity contribution >= 4 is 12.0 Å². The van der Waals surface area contributed by atoms with Crippen LogP contribution in [0, 0.1) is 11.8 Å². The first-order chi connectivity index (χ1) is 11.9. The Kier molecular flexibility index (Phi) is 6.84. The van der Waals surface area contributed by atoms with E-state index in [4.69, 9.17) is 4.74 Å². The number of aromatic amines is 1. The highest BCUT2D eigenvalue weighted by atomic mass is 16.6. The largest absolute Gasteiger partial charge is 0.449 e. The Morgan fingerprint density at radius 2 is 1.80 bits per heavy atom. The van der Waals surface area contributed by atoms with Gasteiger partial charge in [-0.2, -0.15) is 5.10 Å². The molecule has 2 rings (SSSR count). The molecule has 140 valence electrons. The normalized spacial score (nSPS) is 15.6. The van der Waals surface area contributed by atoms with Crippen LogP contribution in [0.4, 0.5) is 4.79 Å². The van der Waals surface area contributed by atoms with Crippen LogP contribution >= 0.6 is 0 Å². The molecule has 0 atom stereocenters. The molecule has 1 N–H and O–H groups in total. The van der Waals surface area contributed by atoms with Gasteiger partial charge in [0.25, 0.3) is 5.91 Å². The molecule has 2 heterocycles. The maximum atomic E-state index is 12.7. The van der Waals surface area contributed by atoms with Crippen LogP contribution in [-0.4, -0.2) is 64.8 Å². The smallest absolute Gasteiger partial charge is 0.409 e. The Hall–Kier alpha value is -2.05. The Balaban J connectivity index is 1.90. The fourth-order valence-corrected chi connectivity index (χ4v) is 2.81. The maximum Gasteiger partial charge on any atom is 0.409 e. The van der Waals surface area contributed by atoms with E-state index in [1.54, 1.807) is 9.80 Å². The molecule has 7 nitrogen and oxygen atoms in total. The summed E-state index contributed by atoms with van der Waals surface area (Å²) in [4.78, 5) is 28.2. The third kappa shape index (κ3) is 5.76. The molecule has 25 heavy (non-hydrogen) atoms. The molecule has 0 aromatic carbocycles. The van der Waals surface area contributed by atoms with Crippen molar-refractivity contribution < 1.29 is 14.3 Å². The third-order valence-corrected chi connectivity index (χ3v) is 4.06. The molecule has 1 saturated heterocycles. The number of hydrogen-bond donors (Lipinski definition) is 1. The van der Waals surface area contributed by atoms with E-state index >= 15 is 0 Å². The molecule has 1 aromatic heterocycles. The van der Waals surface area contributed by atoms with Crippen molar-refractivity contribution in [2.45, 2.75) is 40.5 Å². The van der Waals surface area contributed by atoms with E-state index in [0.29, 0.717) is 50.3 Å². The van der Waals surface area contributed by atoms with Crippen LogP contribution in [0.3, 0.4) is 0 Å². The number of nitrogens with zero attached hydrogens (tertiary/aromatic N) is 3. The average Bonchev–Trinajstić information content (AvgIpc) is 2.86. The molecule has 0 bridgehead atoms. The molecular formula is C18H30N4O3. The topological polar surface area (TPSA) is 78.5 Å². The van der Waals surface area contributed by atoms with Gasteiger partial charge >= 0.3 is 6.09 Å². The second-order valence-corrected chi connectivity index (χ2v) is 7.48. The van der Waals surface area contributed by atoms with Gasteiger partial charge < -0.3 is 14.5 Å². The van der Waals surface area contributed by atoms with Crippen molar-refractivity contribution in [2.24, 2.45) is 11.8 Å². The number of ether oxygens (including phenoxy) is 1. The summed E-state index contributed by atoms with van der Waals surface area (Å²) in [6.07, 6.45) is 1.32. The third-order valence-electron chi connectivity index (χ3n) is 4.06. The van der Waals surface area contributed by atoms with Crippen LogP contribution in [0.25, 0.3) is 0 Å². The molecule has 0 aliphatic carbocycles. The van der Waals surface area contributed by atoms with Crippen LogP contribution in [0.2, 0.25) is 0 Å². The molecule has 0 radical (unpaired) electrons. The van der Waals surface area contributed by atoms with Gasteiger partial charge in [0, 0.05) is 31.9 Å². The van der Waals surface area contributed by atoms with E-state index in [1.807, 2.05) is 19.9 Å². The first-order valence-corrected chi connectivity index (χ1v) is 9.12. The van der Waals surface area contributed by atoms with Crippen molar-refractivity contribution in [2.75, 3.05) is 32.8 Å². The fourth-order valence-electron chi connectivity index (χ4n) is 2.81. The summed E-state index contributed by atoms with van der Waals surface area (Å²) in [5.74, 6) is 0.740. The molecule has 2 amide bonds. The Bertz CT molecular complexity index is 583. The van der Waals surface area contributed by atoms with Crippen LogP contribution < -0.4 is 0 Å². The van der Waals surface area contributed by atoms with Crippen LogP contribution in [0.1, 0.15) is 50.3 Å². The molecular weight excluding hydrogens is 320 g/mol. The standard InChI is InChI=1S/C18H30N4O3/c1-13(2)10-15-11-16(20-19-15)17(23)21-6-5-7-22(9-8-21)18(24)25-12-14(3)4/h11,13-14H,5-10,12H2,1-4H3,(H,19,20). The van der Waals surface area contributed by atoms with Gasteiger partial charge in [0.1, 0.15) is 5.69 Å². The van der Waals surface area contributed by atoms with Gasteiger partial charge in [0.05, 0.1) is 6.61 Å². The highest BCUT2D eigenvalue weighted by molar-refractivity contribution is 5.92. The number of nitrogens with one attached hydrogen (secondary N) is 1. The highest BCUT2D eigenvalue weighted by Crippen LogP contribution is 2.12. The molecule has 7 heteroatoms. The van der Waals surface area contributed by atoms with E-state index < -0.39 is 0 Å². The summed E-state index contributed by atoms with van der Waals surface area (Å²) in [5, 5.41) is 7.10. The summed E-state index contributed by atoms with van der Waals surface area (Å²) < 4.78 is 5.29. The molecule has 0 saturated carbocycles. The number of H-pyrrole nitrogens is 1. The van der Waals surface area contributed by atoms with Gasteiger partial charge in [-0.15, -0.1) is 0 Å². The predicted octanol–water partition coefficient (Wildman–Crippen LogP) is 2.55. The van der Waals surface area contributed by atoms with Gasteiger partial charge in [0.15, 0.2) is 0 Å². The Morgan fingerprint density at radius 1 is 1.12 bits per heavy atom. The summed E-state index contributed by atoms with van der Waals surface area (Å²) in [5.41, 5.74) is 1.43. The summed E-state index contributed by atoms with van der Waals surface area (Å²) in [6.45, 7) is 10.9. The molecule has 1 aliphatic rings. The first kappa shape index (κ1) is 19.3. The van der Waals surface area contributed by atoms with Crippen molar-refractivity contribution in [3.05, 3.63) is 17.5 Å². The summed E-state index contributed by atoms with van der Waals surface area (Å²) >= 11 is 0. The van der Waals surface area contributed by atoms with Crippen LogP contribution in [0.15, 0.2) is 6.07 Å². The van der Waals surface area contributed by atoms with Crippen LogP contribution in [-0.2, 0) is 11.2 Å².